The van der Waals surface area contributed by atoms with Crippen LogP contribution >= 0.6 is 0 Å². The quantitative estimate of drug-likeness (QED) is 0.840. The first-order chi connectivity index (χ1) is 7.81. The van der Waals surface area contributed by atoms with Crippen LogP contribution in [-0.4, -0.2) is 33.7 Å². The van der Waals surface area contributed by atoms with Crippen LogP contribution in [-0.2, 0) is 6.54 Å². The molecule has 1 heterocycles. The summed E-state index contributed by atoms with van der Waals surface area (Å²) in [6, 6.07) is 4.44. The van der Waals surface area contributed by atoms with Crippen LogP contribution in [0.5, 0.6) is 0 Å². The van der Waals surface area contributed by atoms with Crippen LogP contribution in [0.4, 0.5) is 0 Å². The molecule has 1 fully saturated rings. The van der Waals surface area contributed by atoms with Crippen LogP contribution < -0.4 is 0 Å². The van der Waals surface area contributed by atoms with Gasteiger partial charge in [-0.15, -0.1) is 0 Å². The van der Waals surface area contributed by atoms with Crippen LogP contribution in [0.15, 0.2) is 24.5 Å². The topological polar surface area (TPSA) is 36.4 Å². The summed E-state index contributed by atoms with van der Waals surface area (Å²) in [6.07, 6.45) is 6.75. The molecule has 88 valence electrons. The molecule has 0 amide bonds. The highest BCUT2D eigenvalue weighted by Gasteiger charge is 2.29. The Kier molecular flexibility index (Phi) is 3.91. The Morgan fingerprint density at radius 1 is 1.38 bits per heavy atom. The summed E-state index contributed by atoms with van der Waals surface area (Å²) in [6.45, 7) is 4.07. The summed E-state index contributed by atoms with van der Waals surface area (Å²) in [5, 5.41) is 9.91. The second-order valence-electron chi connectivity index (χ2n) is 4.48. The number of aromatic nitrogens is 1. The molecule has 1 aliphatic rings. The molecule has 1 aliphatic carbocycles. The van der Waals surface area contributed by atoms with Gasteiger partial charge in [-0.2, -0.15) is 0 Å². The molecule has 0 aromatic carbocycles. The SMILES string of the molecule is CCN(Cc1ccncc1)[C@@H]1CCC[C@H]1O. The minimum Gasteiger partial charge on any atom is -0.391 e. The summed E-state index contributed by atoms with van der Waals surface area (Å²) in [5.41, 5.74) is 1.27. The predicted octanol–water partition coefficient (Wildman–Crippen LogP) is 1.82. The lowest BCUT2D eigenvalue weighted by molar-refractivity contribution is 0.0693. The smallest absolute Gasteiger partial charge is 0.0695 e. The number of aliphatic hydroxyl groups excluding tert-OH is 1. The van der Waals surface area contributed by atoms with E-state index in [0.29, 0.717) is 6.04 Å². The molecule has 0 aliphatic heterocycles. The fraction of sp³-hybridized carbons (Fsp3) is 0.615. The highest BCUT2D eigenvalue weighted by molar-refractivity contribution is 5.09. The molecule has 0 radical (unpaired) electrons. The first-order valence-electron chi connectivity index (χ1n) is 6.12. The third-order valence-electron chi connectivity index (χ3n) is 3.45. The molecule has 1 N–H and O–H groups in total. The summed E-state index contributed by atoms with van der Waals surface area (Å²) >= 11 is 0. The molecule has 1 aromatic heterocycles. The Balaban J connectivity index is 2.00. The summed E-state index contributed by atoms with van der Waals surface area (Å²) in [4.78, 5) is 6.39. The molecular weight excluding hydrogens is 200 g/mol. The van der Waals surface area contributed by atoms with E-state index in [4.69, 9.17) is 0 Å². The second kappa shape index (κ2) is 5.41. The van der Waals surface area contributed by atoms with Crippen LogP contribution in [0.25, 0.3) is 0 Å². The maximum absolute atomic E-state index is 9.91. The van der Waals surface area contributed by atoms with Gasteiger partial charge < -0.3 is 5.11 Å². The summed E-state index contributed by atoms with van der Waals surface area (Å²) < 4.78 is 0. The van der Waals surface area contributed by atoms with Crippen molar-refractivity contribution in [2.45, 2.75) is 44.9 Å². The van der Waals surface area contributed by atoms with Crippen molar-refractivity contribution in [3.05, 3.63) is 30.1 Å². The van der Waals surface area contributed by atoms with Crippen molar-refractivity contribution in [2.75, 3.05) is 6.54 Å². The van der Waals surface area contributed by atoms with Gasteiger partial charge in [-0.25, -0.2) is 0 Å². The largest absolute Gasteiger partial charge is 0.391 e. The summed E-state index contributed by atoms with van der Waals surface area (Å²) in [7, 11) is 0. The van der Waals surface area contributed by atoms with Gasteiger partial charge in [-0.05, 0) is 43.5 Å². The molecule has 2 rings (SSSR count). The van der Waals surface area contributed by atoms with Gasteiger partial charge in [0.05, 0.1) is 6.10 Å². The lowest BCUT2D eigenvalue weighted by Crippen LogP contribution is -2.39. The zero-order valence-corrected chi connectivity index (χ0v) is 9.84. The highest BCUT2D eigenvalue weighted by atomic mass is 16.3. The number of pyridine rings is 1. The first-order valence-corrected chi connectivity index (χ1v) is 6.12. The first kappa shape index (κ1) is 11.6. The zero-order chi connectivity index (χ0) is 11.4. The van der Waals surface area contributed by atoms with E-state index in [-0.39, 0.29) is 6.10 Å². The van der Waals surface area contributed by atoms with Crippen molar-refractivity contribution >= 4 is 0 Å². The predicted molar refractivity (Wildman–Crippen MR) is 64.0 cm³/mol. The van der Waals surface area contributed by atoms with Gasteiger partial charge in [-0.1, -0.05) is 6.92 Å². The molecule has 1 saturated carbocycles. The van der Waals surface area contributed by atoms with E-state index in [9.17, 15) is 5.11 Å². The lowest BCUT2D eigenvalue weighted by atomic mass is 10.1. The number of aliphatic hydroxyl groups is 1. The molecule has 0 saturated heterocycles. The third kappa shape index (κ3) is 2.60. The molecule has 0 unspecified atom stereocenters. The molecule has 3 nitrogen and oxygen atoms in total. The number of nitrogens with zero attached hydrogens (tertiary/aromatic N) is 2. The summed E-state index contributed by atoms with van der Waals surface area (Å²) in [5.74, 6) is 0. The van der Waals surface area contributed by atoms with Gasteiger partial charge in [0.15, 0.2) is 0 Å². The van der Waals surface area contributed by atoms with Gasteiger partial charge in [0, 0.05) is 25.0 Å². The van der Waals surface area contributed by atoms with Gasteiger partial charge in [0.25, 0.3) is 0 Å². The average Bonchev–Trinajstić information content (AvgIpc) is 2.74. The normalized spacial score (nSPS) is 25.2. The van der Waals surface area contributed by atoms with Gasteiger partial charge in [0.1, 0.15) is 0 Å². The fourth-order valence-electron chi connectivity index (χ4n) is 2.53. The molecule has 2 atom stereocenters. The Morgan fingerprint density at radius 2 is 2.12 bits per heavy atom. The van der Waals surface area contributed by atoms with Crippen LogP contribution in [0, 0.1) is 0 Å². The van der Waals surface area contributed by atoms with Gasteiger partial charge in [-0.3, -0.25) is 9.88 Å². The minimum atomic E-state index is -0.137. The van der Waals surface area contributed by atoms with Crippen molar-refractivity contribution in [1.29, 1.82) is 0 Å². The molecule has 0 bridgehead atoms. The van der Waals surface area contributed by atoms with Crippen molar-refractivity contribution in [3.8, 4) is 0 Å². The molecule has 3 heteroatoms. The molecular formula is C13H20N2O. The van der Waals surface area contributed by atoms with E-state index in [2.05, 4.69) is 16.8 Å². The Hall–Kier alpha value is -0.930. The molecule has 0 spiro atoms. The number of hydrogen-bond donors (Lipinski definition) is 1. The van der Waals surface area contributed by atoms with Gasteiger partial charge in [0.2, 0.25) is 0 Å². The Bertz CT molecular complexity index is 315. The zero-order valence-electron chi connectivity index (χ0n) is 9.84. The van der Waals surface area contributed by atoms with Crippen LogP contribution in [0.2, 0.25) is 0 Å². The van der Waals surface area contributed by atoms with Gasteiger partial charge >= 0.3 is 0 Å². The minimum absolute atomic E-state index is 0.137. The van der Waals surface area contributed by atoms with Crippen molar-refractivity contribution < 1.29 is 5.11 Å². The fourth-order valence-corrected chi connectivity index (χ4v) is 2.53. The van der Waals surface area contributed by atoms with E-state index >= 15 is 0 Å². The second-order valence-corrected chi connectivity index (χ2v) is 4.48. The van der Waals surface area contributed by atoms with Crippen LogP contribution in [0.3, 0.4) is 0 Å². The Labute approximate surface area is 97.1 Å². The van der Waals surface area contributed by atoms with Crippen molar-refractivity contribution in [3.63, 3.8) is 0 Å². The third-order valence-corrected chi connectivity index (χ3v) is 3.45. The average molecular weight is 220 g/mol. The van der Waals surface area contributed by atoms with E-state index in [1.54, 1.807) is 0 Å². The maximum Gasteiger partial charge on any atom is 0.0695 e. The Morgan fingerprint density at radius 3 is 2.69 bits per heavy atom. The number of likely N-dealkylation sites (N-methyl/N-ethyl adjacent to an activating group) is 1. The monoisotopic (exact) mass is 220 g/mol. The van der Waals surface area contributed by atoms with E-state index in [1.807, 2.05) is 24.5 Å². The molecule has 1 aromatic rings. The lowest BCUT2D eigenvalue weighted by Gasteiger charge is -2.29. The van der Waals surface area contributed by atoms with Crippen LogP contribution in [0.1, 0.15) is 31.7 Å². The number of rotatable bonds is 4. The van der Waals surface area contributed by atoms with E-state index in [0.717, 1.165) is 32.4 Å². The standard InChI is InChI=1S/C13H20N2O/c1-2-15(12-4-3-5-13(12)16)10-11-6-8-14-9-7-11/h6-9,12-13,16H,2-5,10H2,1H3/t12-,13-/m1/s1. The maximum atomic E-state index is 9.91. The highest BCUT2D eigenvalue weighted by Crippen LogP contribution is 2.25. The van der Waals surface area contributed by atoms with Crippen molar-refractivity contribution in [2.24, 2.45) is 0 Å². The van der Waals surface area contributed by atoms with E-state index < -0.39 is 0 Å². The molecule has 16 heavy (non-hydrogen) atoms. The van der Waals surface area contributed by atoms with Crippen molar-refractivity contribution in [1.82, 2.24) is 9.88 Å². The van der Waals surface area contributed by atoms with E-state index in [1.165, 1.54) is 5.56 Å². The number of hydrogen-bond acceptors (Lipinski definition) is 3.